The van der Waals surface area contributed by atoms with Gasteiger partial charge in [-0.25, -0.2) is 4.98 Å². The first kappa shape index (κ1) is 17.4. The van der Waals surface area contributed by atoms with Crippen LogP contribution >= 0.6 is 23.5 Å². The Bertz CT molecular complexity index is 982. The van der Waals surface area contributed by atoms with E-state index in [1.807, 2.05) is 11.8 Å². The van der Waals surface area contributed by atoms with Crippen molar-refractivity contribution in [1.82, 2.24) is 9.88 Å². The third kappa shape index (κ3) is 3.33. The van der Waals surface area contributed by atoms with Gasteiger partial charge in [-0.15, -0.1) is 11.8 Å². The number of thioether (sulfide) groups is 1. The molecule has 5 heteroatoms. The number of rotatable bonds is 4. The van der Waals surface area contributed by atoms with Gasteiger partial charge in [0, 0.05) is 28.3 Å². The number of pyridine rings is 1. The summed E-state index contributed by atoms with van der Waals surface area (Å²) in [6.07, 6.45) is 4.81. The van der Waals surface area contributed by atoms with Crippen LogP contribution in [0.5, 0.6) is 0 Å². The number of anilines is 2. The lowest BCUT2D eigenvalue weighted by Gasteiger charge is -2.33. The predicted octanol–water partition coefficient (Wildman–Crippen LogP) is 5.66. The van der Waals surface area contributed by atoms with Gasteiger partial charge in [0.2, 0.25) is 0 Å². The zero-order valence-electron chi connectivity index (χ0n) is 15.5. The predicted molar refractivity (Wildman–Crippen MR) is 117 cm³/mol. The molecule has 3 heterocycles. The van der Waals surface area contributed by atoms with Crippen molar-refractivity contribution in [3.63, 3.8) is 0 Å². The Labute approximate surface area is 169 Å². The summed E-state index contributed by atoms with van der Waals surface area (Å²) >= 11 is 3.66. The summed E-state index contributed by atoms with van der Waals surface area (Å²) in [5.41, 5.74) is 2.37. The lowest BCUT2D eigenvalue weighted by atomic mass is 10.2. The van der Waals surface area contributed by atoms with E-state index < -0.39 is 0 Å². The monoisotopic (exact) mass is 393 g/mol. The standard InChI is InChI=1S/C22H23N3S2/c1-26-17-8-9-19-20(15-17)27-21-14-16-6-2-3-7-18(16)23-22(21)25(19)13-12-24-10-4-5-11-24/h2-3,6-9,14-15H,4-5,10-13H2,1H3. The maximum Gasteiger partial charge on any atom is 0.147 e. The molecule has 138 valence electrons. The summed E-state index contributed by atoms with van der Waals surface area (Å²) in [6, 6.07) is 17.6. The molecule has 0 amide bonds. The van der Waals surface area contributed by atoms with Crippen molar-refractivity contribution >= 4 is 45.9 Å². The third-order valence-electron chi connectivity index (χ3n) is 5.44. The Morgan fingerprint density at radius 3 is 2.70 bits per heavy atom. The van der Waals surface area contributed by atoms with Crippen LogP contribution in [0.15, 0.2) is 63.2 Å². The Kier molecular flexibility index (Phi) is 4.76. The van der Waals surface area contributed by atoms with Crippen LogP contribution in [0.1, 0.15) is 12.8 Å². The minimum atomic E-state index is 0.991. The quantitative estimate of drug-likeness (QED) is 0.532. The lowest BCUT2D eigenvalue weighted by Crippen LogP contribution is -2.32. The van der Waals surface area contributed by atoms with E-state index in [-0.39, 0.29) is 0 Å². The van der Waals surface area contributed by atoms with Gasteiger partial charge in [0.15, 0.2) is 0 Å². The zero-order chi connectivity index (χ0) is 18.2. The molecular formula is C22H23N3S2. The molecular weight excluding hydrogens is 370 g/mol. The van der Waals surface area contributed by atoms with Gasteiger partial charge >= 0.3 is 0 Å². The van der Waals surface area contributed by atoms with Crippen LogP contribution < -0.4 is 4.90 Å². The molecule has 0 N–H and O–H groups in total. The number of fused-ring (bicyclic) bond motifs is 3. The number of para-hydroxylation sites is 1. The van der Waals surface area contributed by atoms with Gasteiger partial charge in [-0.05, 0) is 62.5 Å². The van der Waals surface area contributed by atoms with E-state index in [4.69, 9.17) is 4.98 Å². The van der Waals surface area contributed by atoms with Crippen molar-refractivity contribution in [1.29, 1.82) is 0 Å². The fourth-order valence-corrected chi connectivity index (χ4v) is 5.64. The third-order valence-corrected chi connectivity index (χ3v) is 7.23. The molecule has 3 aromatic rings. The number of nitrogens with zero attached hydrogens (tertiary/aromatic N) is 3. The first-order chi connectivity index (χ1) is 13.3. The fourth-order valence-electron chi connectivity index (χ4n) is 3.99. The van der Waals surface area contributed by atoms with E-state index in [0.717, 1.165) is 24.4 Å². The van der Waals surface area contributed by atoms with Gasteiger partial charge in [0.25, 0.3) is 0 Å². The molecule has 3 nitrogen and oxygen atoms in total. The van der Waals surface area contributed by atoms with Crippen LogP contribution in [-0.2, 0) is 0 Å². The molecule has 0 spiro atoms. The number of hydrogen-bond donors (Lipinski definition) is 0. The smallest absolute Gasteiger partial charge is 0.147 e. The van der Waals surface area contributed by atoms with Crippen LogP contribution in [0.25, 0.3) is 10.9 Å². The maximum absolute atomic E-state index is 5.07. The van der Waals surface area contributed by atoms with Gasteiger partial charge in [0.05, 0.1) is 16.1 Å². The van der Waals surface area contributed by atoms with Crippen molar-refractivity contribution in [2.24, 2.45) is 0 Å². The van der Waals surface area contributed by atoms with Crippen LogP contribution in [0.3, 0.4) is 0 Å². The molecule has 0 saturated carbocycles. The highest BCUT2D eigenvalue weighted by atomic mass is 32.2. The van der Waals surface area contributed by atoms with Gasteiger partial charge in [-0.1, -0.05) is 30.0 Å². The topological polar surface area (TPSA) is 19.4 Å². The number of aromatic nitrogens is 1. The van der Waals surface area contributed by atoms with Gasteiger partial charge in [0.1, 0.15) is 5.82 Å². The van der Waals surface area contributed by atoms with Crippen LogP contribution in [0.4, 0.5) is 11.5 Å². The van der Waals surface area contributed by atoms with Crippen molar-refractivity contribution in [3.8, 4) is 0 Å². The maximum atomic E-state index is 5.07. The summed E-state index contributed by atoms with van der Waals surface area (Å²) in [7, 11) is 0. The molecule has 27 heavy (non-hydrogen) atoms. The van der Waals surface area contributed by atoms with E-state index >= 15 is 0 Å². The first-order valence-electron chi connectivity index (χ1n) is 9.57. The molecule has 2 aliphatic heterocycles. The summed E-state index contributed by atoms with van der Waals surface area (Å²) in [5, 5.41) is 1.22. The summed E-state index contributed by atoms with van der Waals surface area (Å²) < 4.78 is 0. The summed E-state index contributed by atoms with van der Waals surface area (Å²) in [5.74, 6) is 1.11. The van der Waals surface area contributed by atoms with Crippen LogP contribution in [0.2, 0.25) is 0 Å². The minimum absolute atomic E-state index is 0.991. The summed E-state index contributed by atoms with van der Waals surface area (Å²) in [4.78, 5) is 14.0. The lowest BCUT2D eigenvalue weighted by molar-refractivity contribution is 0.347. The van der Waals surface area contributed by atoms with E-state index in [9.17, 15) is 0 Å². The van der Waals surface area contributed by atoms with Crippen LogP contribution in [0, 0.1) is 0 Å². The number of benzene rings is 2. The Balaban J connectivity index is 1.57. The Hall–Kier alpha value is -1.69. The van der Waals surface area contributed by atoms with Crippen molar-refractivity contribution in [3.05, 3.63) is 48.5 Å². The van der Waals surface area contributed by atoms with Gasteiger partial charge < -0.3 is 9.80 Å². The second-order valence-electron chi connectivity index (χ2n) is 7.14. The van der Waals surface area contributed by atoms with E-state index in [1.165, 1.54) is 51.7 Å². The molecule has 0 radical (unpaired) electrons. The highest BCUT2D eigenvalue weighted by Gasteiger charge is 2.26. The molecule has 0 aliphatic carbocycles. The highest BCUT2D eigenvalue weighted by molar-refractivity contribution is 8.00. The van der Waals surface area contributed by atoms with Crippen LogP contribution in [-0.4, -0.2) is 42.3 Å². The number of hydrogen-bond acceptors (Lipinski definition) is 5. The van der Waals surface area contributed by atoms with Crippen molar-refractivity contribution < 1.29 is 0 Å². The molecule has 1 aromatic heterocycles. The summed E-state index contributed by atoms with van der Waals surface area (Å²) in [6.45, 7) is 4.56. The van der Waals surface area contributed by atoms with E-state index in [2.05, 4.69) is 64.6 Å². The van der Waals surface area contributed by atoms with E-state index in [0.29, 0.717) is 0 Å². The molecule has 1 fully saturated rings. The first-order valence-corrected chi connectivity index (χ1v) is 11.6. The number of likely N-dealkylation sites (tertiary alicyclic amines) is 1. The molecule has 5 rings (SSSR count). The second-order valence-corrected chi connectivity index (χ2v) is 9.10. The molecule has 0 unspecified atom stereocenters. The van der Waals surface area contributed by atoms with Crippen molar-refractivity contribution in [2.45, 2.75) is 27.5 Å². The van der Waals surface area contributed by atoms with Gasteiger partial charge in [-0.2, -0.15) is 0 Å². The van der Waals surface area contributed by atoms with Gasteiger partial charge in [-0.3, -0.25) is 0 Å². The molecule has 0 bridgehead atoms. The fraction of sp³-hybridized carbons (Fsp3) is 0.318. The molecule has 0 atom stereocenters. The average molecular weight is 394 g/mol. The van der Waals surface area contributed by atoms with E-state index in [1.54, 1.807) is 11.8 Å². The largest absolute Gasteiger partial charge is 0.323 e. The van der Waals surface area contributed by atoms with Crippen molar-refractivity contribution in [2.75, 3.05) is 37.3 Å². The highest BCUT2D eigenvalue weighted by Crippen LogP contribution is 2.48. The zero-order valence-corrected chi connectivity index (χ0v) is 17.2. The second kappa shape index (κ2) is 7.38. The SMILES string of the molecule is CSc1ccc2c(c1)Sc1cc3ccccc3nc1N2CCN1CCCC1. The molecule has 2 aromatic carbocycles. The Morgan fingerprint density at radius 1 is 1.00 bits per heavy atom. The molecule has 1 saturated heterocycles. The Morgan fingerprint density at radius 2 is 1.85 bits per heavy atom. The minimum Gasteiger partial charge on any atom is -0.323 e. The molecule has 2 aliphatic rings. The average Bonchev–Trinajstić information content (AvgIpc) is 3.23. The normalized spacial score (nSPS) is 16.6.